The molecule has 0 spiro atoms. The van der Waals surface area contributed by atoms with Crippen molar-refractivity contribution in [3.05, 3.63) is 59.2 Å². The maximum Gasteiger partial charge on any atom is 0.416 e. The summed E-state index contributed by atoms with van der Waals surface area (Å²) < 4.78 is 46.6. The van der Waals surface area contributed by atoms with E-state index in [1.165, 1.54) is 11.0 Å². The van der Waals surface area contributed by atoms with Gasteiger partial charge in [0.15, 0.2) is 0 Å². The number of carbonyl (C=O) groups excluding carboxylic acids is 1. The number of alkyl halides is 3. The lowest BCUT2D eigenvalue weighted by Crippen LogP contribution is -2.45. The molecule has 3 rings (SSSR count). The van der Waals surface area contributed by atoms with Crippen molar-refractivity contribution < 1.29 is 22.7 Å². The third-order valence-corrected chi connectivity index (χ3v) is 5.70. The van der Waals surface area contributed by atoms with E-state index >= 15 is 0 Å². The summed E-state index contributed by atoms with van der Waals surface area (Å²) in [4.78, 5) is 14.8. The molecule has 0 aliphatic carbocycles. The number of nitrogens with two attached hydrogens (primary N) is 1. The van der Waals surface area contributed by atoms with Crippen molar-refractivity contribution in [1.82, 2.24) is 0 Å². The van der Waals surface area contributed by atoms with Gasteiger partial charge in [0.25, 0.3) is 0 Å². The Morgan fingerprint density at radius 2 is 1.83 bits per heavy atom. The molecule has 1 amide bonds. The summed E-state index contributed by atoms with van der Waals surface area (Å²) in [5, 5.41) is 0. The molecule has 3 atom stereocenters. The Balaban J connectivity index is 0.00000320. The van der Waals surface area contributed by atoms with Crippen LogP contribution >= 0.6 is 12.4 Å². The molecule has 0 saturated heterocycles. The zero-order valence-corrected chi connectivity index (χ0v) is 17.9. The van der Waals surface area contributed by atoms with Gasteiger partial charge in [-0.3, -0.25) is 4.79 Å². The number of carbonyl (C=O) groups is 1. The fourth-order valence-electron chi connectivity index (χ4n) is 4.01. The van der Waals surface area contributed by atoms with Gasteiger partial charge in [-0.15, -0.1) is 12.4 Å². The van der Waals surface area contributed by atoms with Gasteiger partial charge in [0.2, 0.25) is 5.91 Å². The second kappa shape index (κ2) is 9.27. The van der Waals surface area contributed by atoms with Crippen molar-refractivity contribution in [2.75, 3.05) is 18.6 Å². The summed E-state index contributed by atoms with van der Waals surface area (Å²) in [6, 6.07) is 10.7. The van der Waals surface area contributed by atoms with Crippen LogP contribution in [0.1, 0.15) is 36.5 Å². The SMILES string of the molecule is COc1ccc([C@H]2Cc3c(cccc3C(F)(F)F)N(C(C)CN)C(=O)[C@H]2C)cc1.Cl. The largest absolute Gasteiger partial charge is 0.497 e. The molecule has 1 unspecified atom stereocenters. The third kappa shape index (κ3) is 4.42. The highest BCUT2D eigenvalue weighted by molar-refractivity contribution is 5.98. The Kier molecular flexibility index (Phi) is 7.42. The van der Waals surface area contributed by atoms with Gasteiger partial charge in [0.05, 0.1) is 12.7 Å². The summed E-state index contributed by atoms with van der Waals surface area (Å²) in [6.45, 7) is 3.68. The topological polar surface area (TPSA) is 55.6 Å². The highest BCUT2D eigenvalue weighted by atomic mass is 35.5. The van der Waals surface area contributed by atoms with E-state index < -0.39 is 29.6 Å². The second-order valence-electron chi connectivity index (χ2n) is 7.47. The average Bonchev–Trinajstić information content (AvgIpc) is 2.81. The van der Waals surface area contributed by atoms with Crippen LogP contribution < -0.4 is 15.4 Å². The molecular formula is C22H26ClF3N2O2. The zero-order valence-electron chi connectivity index (χ0n) is 17.1. The van der Waals surface area contributed by atoms with E-state index in [1.807, 2.05) is 12.1 Å². The molecule has 1 aliphatic rings. The molecule has 4 nitrogen and oxygen atoms in total. The average molecular weight is 443 g/mol. The number of benzene rings is 2. The standard InChI is InChI=1S/C22H25F3N2O2.ClH/c1-13(12-26)27-20-6-4-5-19(22(23,24)25)18(20)11-17(14(2)21(27)28)15-7-9-16(29-3)10-8-15;/h4-10,13-14,17H,11-12,26H2,1-3H3;1H/t13?,14-,17-;/m0./s1. The molecule has 0 saturated carbocycles. The van der Waals surface area contributed by atoms with Crippen LogP contribution in [0.5, 0.6) is 5.75 Å². The van der Waals surface area contributed by atoms with Crippen molar-refractivity contribution in [3.8, 4) is 5.75 Å². The van der Waals surface area contributed by atoms with Crippen molar-refractivity contribution in [3.63, 3.8) is 0 Å². The molecule has 2 aromatic carbocycles. The lowest BCUT2D eigenvalue weighted by atomic mass is 9.82. The van der Waals surface area contributed by atoms with E-state index in [-0.39, 0.29) is 36.8 Å². The van der Waals surface area contributed by atoms with Crippen molar-refractivity contribution in [2.24, 2.45) is 11.7 Å². The smallest absolute Gasteiger partial charge is 0.416 e. The van der Waals surface area contributed by atoms with Gasteiger partial charge >= 0.3 is 6.18 Å². The Morgan fingerprint density at radius 1 is 1.20 bits per heavy atom. The van der Waals surface area contributed by atoms with E-state index in [0.717, 1.165) is 11.6 Å². The first-order valence-electron chi connectivity index (χ1n) is 9.55. The minimum atomic E-state index is -4.51. The minimum Gasteiger partial charge on any atom is -0.497 e. The van der Waals surface area contributed by atoms with Gasteiger partial charge < -0.3 is 15.4 Å². The number of nitrogens with zero attached hydrogens (tertiary/aromatic N) is 1. The normalized spacial score (nSPS) is 20.1. The van der Waals surface area contributed by atoms with Crippen LogP contribution in [0, 0.1) is 5.92 Å². The molecule has 0 radical (unpaired) electrons. The summed E-state index contributed by atoms with van der Waals surface area (Å²) in [6.07, 6.45) is -4.40. The fourth-order valence-corrected chi connectivity index (χ4v) is 4.01. The van der Waals surface area contributed by atoms with Crippen LogP contribution in [0.3, 0.4) is 0 Å². The number of ether oxygens (including phenoxy) is 1. The fraction of sp³-hybridized carbons (Fsp3) is 0.409. The molecule has 1 heterocycles. The number of rotatable bonds is 4. The maximum atomic E-state index is 13.8. The lowest BCUT2D eigenvalue weighted by molar-refractivity contribution is -0.138. The molecule has 0 fully saturated rings. The summed E-state index contributed by atoms with van der Waals surface area (Å²) in [5.41, 5.74) is 6.32. The van der Waals surface area contributed by atoms with Crippen LogP contribution in [0.2, 0.25) is 0 Å². The van der Waals surface area contributed by atoms with Crippen LogP contribution in [0.4, 0.5) is 18.9 Å². The van der Waals surface area contributed by atoms with Gasteiger partial charge in [-0.25, -0.2) is 0 Å². The highest BCUT2D eigenvalue weighted by Crippen LogP contribution is 2.44. The molecule has 0 bridgehead atoms. The monoisotopic (exact) mass is 442 g/mol. The number of anilines is 1. The van der Waals surface area contributed by atoms with Gasteiger partial charge in [-0.1, -0.05) is 25.1 Å². The van der Waals surface area contributed by atoms with Crippen molar-refractivity contribution in [2.45, 2.75) is 38.4 Å². The first-order valence-corrected chi connectivity index (χ1v) is 9.55. The second-order valence-corrected chi connectivity index (χ2v) is 7.47. The van der Waals surface area contributed by atoms with Gasteiger partial charge in [-0.05, 0) is 54.7 Å². The predicted octanol–water partition coefficient (Wildman–Crippen LogP) is 4.79. The maximum absolute atomic E-state index is 13.8. The molecule has 0 aromatic heterocycles. The number of amides is 1. The number of fused-ring (bicyclic) bond motifs is 1. The molecular weight excluding hydrogens is 417 g/mol. The molecule has 30 heavy (non-hydrogen) atoms. The van der Waals surface area contributed by atoms with Crippen molar-refractivity contribution in [1.29, 1.82) is 0 Å². The minimum absolute atomic E-state index is 0. The van der Waals surface area contributed by atoms with Crippen LogP contribution in [0.15, 0.2) is 42.5 Å². The predicted molar refractivity (Wildman–Crippen MR) is 113 cm³/mol. The van der Waals surface area contributed by atoms with E-state index in [2.05, 4.69) is 0 Å². The van der Waals surface area contributed by atoms with E-state index in [1.54, 1.807) is 39.2 Å². The van der Waals surface area contributed by atoms with Crippen LogP contribution in [-0.4, -0.2) is 25.6 Å². The van der Waals surface area contributed by atoms with E-state index in [9.17, 15) is 18.0 Å². The third-order valence-electron chi connectivity index (χ3n) is 5.70. The first-order chi connectivity index (χ1) is 13.7. The highest BCUT2D eigenvalue weighted by Gasteiger charge is 2.41. The van der Waals surface area contributed by atoms with E-state index in [4.69, 9.17) is 10.5 Å². The molecule has 1 aliphatic heterocycles. The molecule has 164 valence electrons. The molecule has 2 N–H and O–H groups in total. The number of hydrogen-bond acceptors (Lipinski definition) is 3. The van der Waals surface area contributed by atoms with E-state index in [0.29, 0.717) is 11.4 Å². The quantitative estimate of drug-likeness (QED) is 0.740. The molecule has 8 heteroatoms. The number of halogens is 4. The Bertz CT molecular complexity index is 887. The number of hydrogen-bond donors (Lipinski definition) is 1. The first kappa shape index (κ1) is 24.0. The van der Waals surface area contributed by atoms with Crippen LogP contribution in [0.25, 0.3) is 0 Å². The lowest BCUT2D eigenvalue weighted by Gasteiger charge is -2.31. The summed E-state index contributed by atoms with van der Waals surface area (Å²) in [5.74, 6) is -0.477. The van der Waals surface area contributed by atoms with Gasteiger partial charge in [0.1, 0.15) is 5.75 Å². The Morgan fingerprint density at radius 3 is 2.37 bits per heavy atom. The zero-order chi connectivity index (χ0) is 21.3. The summed E-state index contributed by atoms with van der Waals surface area (Å²) >= 11 is 0. The summed E-state index contributed by atoms with van der Waals surface area (Å²) in [7, 11) is 1.55. The van der Waals surface area contributed by atoms with Gasteiger partial charge in [0, 0.05) is 24.2 Å². The van der Waals surface area contributed by atoms with Crippen molar-refractivity contribution >= 4 is 24.0 Å². The number of methoxy groups -OCH3 is 1. The van der Waals surface area contributed by atoms with Crippen LogP contribution in [-0.2, 0) is 17.4 Å². The Labute approximate surface area is 180 Å². The molecule has 2 aromatic rings. The van der Waals surface area contributed by atoms with Gasteiger partial charge in [-0.2, -0.15) is 13.2 Å². The Hall–Kier alpha value is -2.25.